The molecule has 0 radical (unpaired) electrons. The maximum Gasteiger partial charge on any atom is 0.203 e. The number of hydrogen-bond donors (Lipinski definition) is 1. The first kappa shape index (κ1) is 8.50. The second-order valence-corrected chi connectivity index (χ2v) is 4.85. The zero-order valence-electron chi connectivity index (χ0n) is 8.87. The molecule has 16 heavy (non-hydrogen) atoms. The Bertz CT molecular complexity index is 551. The Morgan fingerprint density at radius 2 is 2.06 bits per heavy atom. The largest absolute Gasteiger partial charge is 0.381 e. The van der Waals surface area contributed by atoms with Crippen molar-refractivity contribution < 1.29 is 0 Å². The maximum atomic E-state index is 5.77. The van der Waals surface area contributed by atoms with Crippen LogP contribution in [0.25, 0.3) is 5.65 Å². The van der Waals surface area contributed by atoms with Gasteiger partial charge in [0.05, 0.1) is 0 Å². The van der Waals surface area contributed by atoms with Gasteiger partial charge in [-0.25, -0.2) is 4.98 Å². The van der Waals surface area contributed by atoms with Crippen molar-refractivity contribution in [2.24, 2.45) is 11.8 Å². The first-order chi connectivity index (χ1) is 7.86. The Morgan fingerprint density at radius 1 is 1.25 bits per heavy atom. The van der Waals surface area contributed by atoms with Crippen molar-refractivity contribution in [2.45, 2.75) is 25.2 Å². The van der Waals surface area contributed by atoms with Crippen LogP contribution in [0.2, 0.25) is 0 Å². The lowest BCUT2D eigenvalue weighted by molar-refractivity contribution is 0.653. The predicted octanol–water partition coefficient (Wildman–Crippen LogP) is 1.22. The van der Waals surface area contributed by atoms with Crippen LogP contribution in [0, 0.1) is 11.8 Å². The van der Waals surface area contributed by atoms with Crippen LogP contribution in [0.5, 0.6) is 0 Å². The van der Waals surface area contributed by atoms with E-state index in [1.54, 1.807) is 6.20 Å². The summed E-state index contributed by atoms with van der Waals surface area (Å²) in [6.45, 7) is 0. The first-order valence-electron chi connectivity index (χ1n) is 5.81. The van der Waals surface area contributed by atoms with Crippen molar-refractivity contribution in [3.05, 3.63) is 18.2 Å². The topological polar surface area (TPSA) is 69.1 Å². The maximum absolute atomic E-state index is 5.77. The fraction of sp³-hybridized carbons (Fsp3) is 0.545. The van der Waals surface area contributed by atoms with Crippen molar-refractivity contribution in [1.82, 2.24) is 19.6 Å². The number of anilines is 1. The summed E-state index contributed by atoms with van der Waals surface area (Å²) in [7, 11) is 0. The van der Waals surface area contributed by atoms with Gasteiger partial charge in [0.1, 0.15) is 5.82 Å². The molecule has 0 aromatic carbocycles. The van der Waals surface area contributed by atoms with E-state index in [9.17, 15) is 0 Å². The molecule has 0 bridgehead atoms. The summed E-state index contributed by atoms with van der Waals surface area (Å²) < 4.78 is 2.01. The molecule has 2 aromatic heterocycles. The summed E-state index contributed by atoms with van der Waals surface area (Å²) in [4.78, 5) is 4.03. The highest BCUT2D eigenvalue weighted by molar-refractivity contribution is 5.58. The smallest absolute Gasteiger partial charge is 0.203 e. The Kier molecular flexibility index (Phi) is 1.45. The van der Waals surface area contributed by atoms with Crippen LogP contribution in [-0.2, 0) is 0 Å². The molecule has 5 nitrogen and oxygen atoms in total. The lowest BCUT2D eigenvalue weighted by Gasteiger charge is -2.01. The summed E-state index contributed by atoms with van der Waals surface area (Å²) >= 11 is 0. The average Bonchev–Trinajstić information content (AvgIpc) is 2.73. The van der Waals surface area contributed by atoms with E-state index in [1.165, 1.54) is 19.3 Å². The van der Waals surface area contributed by atoms with Crippen molar-refractivity contribution in [3.8, 4) is 0 Å². The van der Waals surface area contributed by atoms with Crippen LogP contribution in [0.15, 0.2) is 12.4 Å². The summed E-state index contributed by atoms with van der Waals surface area (Å²) in [6, 6.07) is 0. The molecule has 2 heterocycles. The lowest BCUT2D eigenvalue weighted by atomic mass is 10.1. The third-order valence-electron chi connectivity index (χ3n) is 4.09. The van der Waals surface area contributed by atoms with Gasteiger partial charge in [-0.1, -0.05) is 6.42 Å². The highest BCUT2D eigenvalue weighted by Gasteiger charge is 2.55. The summed E-state index contributed by atoms with van der Waals surface area (Å²) in [5.41, 5.74) is 6.47. The molecule has 2 fully saturated rings. The molecule has 2 unspecified atom stereocenters. The molecule has 2 aliphatic rings. The van der Waals surface area contributed by atoms with Gasteiger partial charge < -0.3 is 5.73 Å². The number of rotatable bonds is 1. The SMILES string of the molecule is Nc1nccn2c(C3C4CCC[C@@H]43)nnc12. The highest BCUT2D eigenvalue weighted by Crippen LogP contribution is 2.62. The molecule has 82 valence electrons. The lowest BCUT2D eigenvalue weighted by Crippen LogP contribution is -1.99. The minimum absolute atomic E-state index is 0.465. The minimum Gasteiger partial charge on any atom is -0.381 e. The molecular weight excluding hydrogens is 202 g/mol. The average molecular weight is 215 g/mol. The molecular formula is C11H13N5. The Balaban J connectivity index is 1.84. The number of hydrogen-bond acceptors (Lipinski definition) is 4. The molecule has 2 saturated carbocycles. The van der Waals surface area contributed by atoms with E-state index in [-0.39, 0.29) is 0 Å². The van der Waals surface area contributed by atoms with E-state index >= 15 is 0 Å². The molecule has 2 aliphatic carbocycles. The molecule has 5 heteroatoms. The summed E-state index contributed by atoms with van der Waals surface area (Å²) in [5, 5.41) is 8.43. The molecule has 0 aliphatic heterocycles. The number of aromatic nitrogens is 4. The van der Waals surface area contributed by atoms with E-state index in [0.29, 0.717) is 17.4 Å². The zero-order valence-corrected chi connectivity index (χ0v) is 8.87. The Hall–Kier alpha value is -1.65. The zero-order chi connectivity index (χ0) is 10.7. The van der Waals surface area contributed by atoms with E-state index < -0.39 is 0 Å². The van der Waals surface area contributed by atoms with Crippen molar-refractivity contribution in [1.29, 1.82) is 0 Å². The minimum atomic E-state index is 0.465. The van der Waals surface area contributed by atoms with Crippen LogP contribution >= 0.6 is 0 Å². The van der Waals surface area contributed by atoms with Crippen molar-refractivity contribution in [3.63, 3.8) is 0 Å². The van der Waals surface area contributed by atoms with Crippen molar-refractivity contribution >= 4 is 11.5 Å². The molecule has 0 amide bonds. The summed E-state index contributed by atoms with van der Waals surface area (Å²) in [6.07, 6.45) is 7.71. The normalized spacial score (nSPS) is 31.9. The van der Waals surface area contributed by atoms with Gasteiger partial charge in [-0.15, -0.1) is 10.2 Å². The quantitative estimate of drug-likeness (QED) is 0.776. The van der Waals surface area contributed by atoms with E-state index in [1.807, 2.05) is 10.6 Å². The Morgan fingerprint density at radius 3 is 2.88 bits per heavy atom. The van der Waals surface area contributed by atoms with Gasteiger partial charge in [-0.05, 0) is 24.7 Å². The third kappa shape index (κ3) is 0.930. The first-order valence-corrected chi connectivity index (χ1v) is 5.81. The van der Waals surface area contributed by atoms with Crippen LogP contribution in [0.4, 0.5) is 5.82 Å². The molecule has 2 aromatic rings. The van der Waals surface area contributed by atoms with Gasteiger partial charge in [0.2, 0.25) is 5.65 Å². The van der Waals surface area contributed by atoms with Crippen molar-refractivity contribution in [2.75, 3.05) is 5.73 Å². The number of nitrogen functional groups attached to an aromatic ring is 1. The van der Waals surface area contributed by atoms with Crippen LogP contribution in [0.3, 0.4) is 0 Å². The second kappa shape index (κ2) is 2.72. The van der Waals surface area contributed by atoms with E-state index in [4.69, 9.17) is 5.73 Å². The highest BCUT2D eigenvalue weighted by atomic mass is 15.3. The van der Waals surface area contributed by atoms with Gasteiger partial charge >= 0.3 is 0 Å². The molecule has 0 spiro atoms. The monoisotopic (exact) mass is 215 g/mol. The number of nitrogens with two attached hydrogens (primary N) is 1. The second-order valence-electron chi connectivity index (χ2n) is 4.85. The van der Waals surface area contributed by atoms with E-state index in [2.05, 4.69) is 15.2 Å². The molecule has 4 rings (SSSR count). The predicted molar refractivity (Wildman–Crippen MR) is 58.8 cm³/mol. The number of nitrogens with zero attached hydrogens (tertiary/aromatic N) is 4. The van der Waals surface area contributed by atoms with Crippen LogP contribution < -0.4 is 5.73 Å². The van der Waals surface area contributed by atoms with Crippen LogP contribution in [0.1, 0.15) is 31.0 Å². The third-order valence-corrected chi connectivity index (χ3v) is 4.09. The fourth-order valence-corrected chi connectivity index (χ4v) is 3.29. The van der Waals surface area contributed by atoms with Gasteiger partial charge in [-0.2, -0.15) is 0 Å². The summed E-state index contributed by atoms with van der Waals surface area (Å²) in [5.74, 6) is 3.86. The molecule has 3 atom stereocenters. The standard InChI is InChI=1S/C11H13N5/c12-9-11-15-14-10(16(11)5-4-13-9)8-6-2-1-3-7(6)8/h4-8H,1-3H2,(H2,12,13)/t6-,7?,8?/m0/s1. The Labute approximate surface area is 92.7 Å². The number of fused-ring (bicyclic) bond motifs is 2. The van der Waals surface area contributed by atoms with E-state index in [0.717, 1.165) is 17.7 Å². The van der Waals surface area contributed by atoms with Gasteiger partial charge in [0, 0.05) is 18.3 Å². The molecule has 0 saturated heterocycles. The fourth-order valence-electron chi connectivity index (χ4n) is 3.29. The van der Waals surface area contributed by atoms with Crippen LogP contribution in [-0.4, -0.2) is 19.6 Å². The van der Waals surface area contributed by atoms with Gasteiger partial charge in [0.25, 0.3) is 0 Å². The van der Waals surface area contributed by atoms with Gasteiger partial charge in [-0.3, -0.25) is 4.40 Å². The van der Waals surface area contributed by atoms with Gasteiger partial charge in [0.15, 0.2) is 5.82 Å². The molecule has 2 N–H and O–H groups in total.